The van der Waals surface area contributed by atoms with Gasteiger partial charge in [0.15, 0.2) is 0 Å². The van der Waals surface area contributed by atoms with Gasteiger partial charge in [0.1, 0.15) is 0 Å². The third kappa shape index (κ3) is 76.0. The van der Waals surface area contributed by atoms with Crippen molar-refractivity contribution in [3.05, 3.63) is 36.5 Å². The molecule has 0 saturated carbocycles. The molecule has 3 N–H and O–H groups in total. The molecule has 0 aromatic heterocycles. The topological polar surface area (TPSA) is 112 Å². The molecule has 0 unspecified atom stereocenters. The fourth-order valence-electron chi connectivity index (χ4n) is 7.04. The molecule has 0 spiro atoms. The third-order valence-electron chi connectivity index (χ3n) is 11.0. The van der Waals surface area contributed by atoms with E-state index < -0.39 is 17.9 Å². The van der Waals surface area contributed by atoms with Gasteiger partial charge in [-0.2, -0.15) is 0 Å². The molecule has 1 radical (unpaired) electrons. The van der Waals surface area contributed by atoms with Crippen molar-refractivity contribution in [2.75, 3.05) is 0 Å². The minimum atomic E-state index is -0.664. The van der Waals surface area contributed by atoms with Crippen LogP contribution in [-0.2, 0) is 32.9 Å². The maximum absolute atomic E-state index is 10.3. The standard InChI is InChI=1S/3C18H34O2.V/c3*1-2-3-4-5-6-7-8-9-10-11-12-13-14-15-16-17-18(19)20;/h3*9-10H,2-8,11-17H2,1H3,(H,19,20);/b3*10-9-;. The van der Waals surface area contributed by atoms with E-state index >= 15 is 0 Å². The minimum Gasteiger partial charge on any atom is -0.481 e. The Morgan fingerprint density at radius 3 is 0.574 bits per heavy atom. The molecule has 7 heteroatoms. The first kappa shape index (κ1) is 65.8. The maximum Gasteiger partial charge on any atom is 0.303 e. The van der Waals surface area contributed by atoms with Gasteiger partial charge in [0.25, 0.3) is 0 Å². The summed E-state index contributed by atoms with van der Waals surface area (Å²) in [5, 5.41) is 25.5. The van der Waals surface area contributed by atoms with Gasteiger partial charge in [-0.15, -0.1) is 0 Å². The van der Waals surface area contributed by atoms with Crippen LogP contribution in [0, 0.1) is 0 Å². The largest absolute Gasteiger partial charge is 0.481 e. The molecule has 0 aromatic carbocycles. The van der Waals surface area contributed by atoms with E-state index in [9.17, 15) is 14.4 Å². The summed E-state index contributed by atoms with van der Waals surface area (Å²) >= 11 is 0. The van der Waals surface area contributed by atoms with Crippen LogP contribution in [0.4, 0.5) is 0 Å². The number of carboxylic acid groups (broad SMARTS) is 3. The molecule has 0 saturated heterocycles. The molecule has 0 bridgehead atoms. The van der Waals surface area contributed by atoms with Crippen molar-refractivity contribution in [2.45, 2.75) is 290 Å². The van der Waals surface area contributed by atoms with Gasteiger partial charge in [0, 0.05) is 37.8 Å². The van der Waals surface area contributed by atoms with Crippen molar-refractivity contribution < 1.29 is 48.3 Å². The molecular weight excluding hydrogens is 796 g/mol. The minimum absolute atomic E-state index is 0. The van der Waals surface area contributed by atoms with E-state index in [0.717, 1.165) is 38.5 Å². The summed E-state index contributed by atoms with van der Waals surface area (Å²) in [5.74, 6) is -1.99. The van der Waals surface area contributed by atoms with Gasteiger partial charge >= 0.3 is 17.9 Å². The average molecular weight is 898 g/mol. The Balaban J connectivity index is -0.000000396. The molecule has 0 atom stereocenters. The fourth-order valence-corrected chi connectivity index (χ4v) is 7.04. The first-order valence-corrected chi connectivity index (χ1v) is 25.9. The summed E-state index contributed by atoms with van der Waals surface area (Å²) in [7, 11) is 0. The predicted molar refractivity (Wildman–Crippen MR) is 261 cm³/mol. The van der Waals surface area contributed by atoms with Crippen LogP contribution in [0.1, 0.15) is 290 Å². The molecule has 0 fully saturated rings. The number of hydrogen-bond donors (Lipinski definition) is 3. The molecule has 0 heterocycles. The zero-order chi connectivity index (χ0) is 44.7. The number of rotatable bonds is 45. The number of unbranched alkanes of at least 4 members (excludes halogenated alkanes) is 33. The van der Waals surface area contributed by atoms with Crippen molar-refractivity contribution >= 4 is 17.9 Å². The molecule has 359 valence electrons. The second-order valence-corrected chi connectivity index (χ2v) is 17.2. The van der Waals surface area contributed by atoms with E-state index in [0.29, 0.717) is 19.3 Å². The van der Waals surface area contributed by atoms with E-state index in [1.807, 2.05) is 0 Å². The second-order valence-electron chi connectivity index (χ2n) is 17.2. The summed E-state index contributed by atoms with van der Waals surface area (Å²) in [5.41, 5.74) is 0. The second kappa shape index (κ2) is 62.5. The molecule has 0 aromatic rings. The van der Waals surface area contributed by atoms with Crippen LogP contribution in [0.5, 0.6) is 0 Å². The predicted octanol–water partition coefficient (Wildman–Crippen LogP) is 18.3. The summed E-state index contributed by atoms with van der Waals surface area (Å²) in [6.45, 7) is 6.78. The van der Waals surface area contributed by atoms with Gasteiger partial charge in [0.2, 0.25) is 0 Å². The van der Waals surface area contributed by atoms with E-state index in [-0.39, 0.29) is 18.6 Å². The Labute approximate surface area is 391 Å². The van der Waals surface area contributed by atoms with E-state index in [1.54, 1.807) is 0 Å². The molecule has 0 aliphatic rings. The van der Waals surface area contributed by atoms with Crippen LogP contribution < -0.4 is 0 Å². The maximum atomic E-state index is 10.3. The average Bonchev–Trinajstić information content (AvgIpc) is 3.22. The Morgan fingerprint density at radius 2 is 0.410 bits per heavy atom. The molecule has 61 heavy (non-hydrogen) atoms. The van der Waals surface area contributed by atoms with Gasteiger partial charge in [0.05, 0.1) is 0 Å². The monoisotopic (exact) mass is 898 g/mol. The third-order valence-corrected chi connectivity index (χ3v) is 11.0. The number of carboxylic acids is 3. The van der Waals surface area contributed by atoms with Crippen molar-refractivity contribution in [1.82, 2.24) is 0 Å². The van der Waals surface area contributed by atoms with Crippen molar-refractivity contribution in [3.63, 3.8) is 0 Å². The van der Waals surface area contributed by atoms with Crippen LogP contribution in [-0.4, -0.2) is 33.2 Å². The van der Waals surface area contributed by atoms with Gasteiger partial charge in [-0.3, -0.25) is 14.4 Å². The number of carbonyl (C=O) groups is 3. The van der Waals surface area contributed by atoms with Crippen LogP contribution in [0.15, 0.2) is 36.5 Å². The number of aliphatic carboxylic acids is 3. The molecule has 0 aliphatic heterocycles. The Kier molecular flexibility index (Phi) is 67.5. The van der Waals surface area contributed by atoms with Gasteiger partial charge < -0.3 is 15.3 Å². The summed E-state index contributed by atoms with van der Waals surface area (Å²) in [6, 6.07) is 0. The molecular formula is C54H102O6V. The van der Waals surface area contributed by atoms with E-state index in [4.69, 9.17) is 15.3 Å². The molecule has 0 aliphatic carbocycles. The van der Waals surface area contributed by atoms with E-state index in [2.05, 4.69) is 57.2 Å². The van der Waals surface area contributed by atoms with E-state index in [1.165, 1.54) is 212 Å². The normalized spacial score (nSPS) is 11.1. The quantitative estimate of drug-likeness (QED) is 0.0415. The smallest absolute Gasteiger partial charge is 0.303 e. The van der Waals surface area contributed by atoms with Gasteiger partial charge in [-0.1, -0.05) is 211 Å². The van der Waals surface area contributed by atoms with Crippen LogP contribution in [0.3, 0.4) is 0 Å². The van der Waals surface area contributed by atoms with Crippen LogP contribution in [0.2, 0.25) is 0 Å². The van der Waals surface area contributed by atoms with Crippen molar-refractivity contribution in [3.8, 4) is 0 Å². The van der Waals surface area contributed by atoms with Crippen LogP contribution in [0.25, 0.3) is 0 Å². The Bertz CT molecular complexity index is 827. The summed E-state index contributed by atoms with van der Waals surface area (Å²) in [4.78, 5) is 31.0. The summed E-state index contributed by atoms with van der Waals surface area (Å²) in [6.07, 6.45) is 63.7. The van der Waals surface area contributed by atoms with Crippen LogP contribution >= 0.6 is 0 Å². The SMILES string of the molecule is CCCCCCCC/C=C\CCCCCCCC(=O)O.CCCCCCCC/C=C\CCCCCCCC(=O)O.CCCCCCCC/C=C\CCCCCCCC(=O)O.[V]. The number of allylic oxidation sites excluding steroid dienone is 6. The van der Waals surface area contributed by atoms with Gasteiger partial charge in [-0.05, 0) is 96.3 Å². The van der Waals surface area contributed by atoms with Crippen molar-refractivity contribution in [1.29, 1.82) is 0 Å². The molecule has 0 amide bonds. The number of hydrogen-bond acceptors (Lipinski definition) is 3. The first-order chi connectivity index (χ1) is 29.3. The zero-order valence-electron chi connectivity index (χ0n) is 40.7. The Morgan fingerprint density at radius 1 is 0.262 bits per heavy atom. The van der Waals surface area contributed by atoms with Crippen molar-refractivity contribution in [2.24, 2.45) is 0 Å². The summed E-state index contributed by atoms with van der Waals surface area (Å²) < 4.78 is 0. The van der Waals surface area contributed by atoms with Gasteiger partial charge in [-0.25, -0.2) is 0 Å². The molecule has 0 rings (SSSR count). The zero-order valence-corrected chi connectivity index (χ0v) is 42.1. The fraction of sp³-hybridized carbons (Fsp3) is 0.833. The first-order valence-electron chi connectivity index (χ1n) is 25.9. The molecule has 6 nitrogen and oxygen atoms in total. The Hall–Kier alpha value is -1.79.